The molecule has 4 atom stereocenters. The summed E-state index contributed by atoms with van der Waals surface area (Å²) in [4.78, 5) is 0. The zero-order valence-corrected chi connectivity index (χ0v) is 17.2. The monoisotopic (exact) mass is 442 g/mol. The van der Waals surface area contributed by atoms with Crippen molar-refractivity contribution in [3.8, 4) is 11.5 Å². The summed E-state index contributed by atoms with van der Waals surface area (Å²) in [6.45, 7) is -0.434. The molecule has 1 saturated heterocycles. The summed E-state index contributed by atoms with van der Waals surface area (Å²) in [6.07, 6.45) is -3.26. The van der Waals surface area contributed by atoms with Gasteiger partial charge in [0.25, 0.3) is 0 Å². The minimum absolute atomic E-state index is 0.117. The van der Waals surface area contributed by atoms with Gasteiger partial charge in [0.15, 0.2) is 0 Å². The number of halogens is 2. The molecule has 0 aliphatic carbocycles. The Balaban J connectivity index is 1.42. The van der Waals surface area contributed by atoms with Crippen LogP contribution in [-0.2, 0) is 11.2 Å². The molecule has 5 nitrogen and oxygen atoms in total. The van der Waals surface area contributed by atoms with E-state index in [0.717, 1.165) is 5.56 Å². The second kappa shape index (κ2) is 9.75. The van der Waals surface area contributed by atoms with Gasteiger partial charge in [0.1, 0.15) is 35.3 Å². The van der Waals surface area contributed by atoms with Crippen LogP contribution in [0.5, 0.6) is 11.5 Å². The molecule has 4 rings (SSSR count). The fourth-order valence-corrected chi connectivity index (χ4v) is 3.76. The minimum atomic E-state index is -1.17. The van der Waals surface area contributed by atoms with Crippen molar-refractivity contribution >= 4 is 0 Å². The molecule has 32 heavy (non-hydrogen) atoms. The zero-order chi connectivity index (χ0) is 22.7. The molecule has 0 spiro atoms. The molecule has 3 aromatic carbocycles. The standard InChI is InChI=1S/C25H24F2O5/c26-18-5-9-20(10-6-18)31-19-7-1-15(2-8-19)11-16-3-4-17(12-21(16)27)23-13-22(29)25(30)24(14-28)32-23/h1-10,12,22-25,28-30H,11,13-14H2/t22-,23-,24-,25?/m1/s1. The normalized spacial score (nSPS) is 23.2. The quantitative estimate of drug-likeness (QED) is 0.540. The molecule has 1 aliphatic heterocycles. The van der Waals surface area contributed by atoms with Crippen LogP contribution >= 0.6 is 0 Å². The molecule has 0 radical (unpaired) electrons. The Morgan fingerprint density at radius 1 is 0.906 bits per heavy atom. The van der Waals surface area contributed by atoms with E-state index in [1.165, 1.54) is 18.2 Å². The molecule has 0 saturated carbocycles. The fraction of sp³-hybridized carbons (Fsp3) is 0.280. The topological polar surface area (TPSA) is 79.2 Å². The van der Waals surface area contributed by atoms with E-state index in [1.807, 2.05) is 12.1 Å². The van der Waals surface area contributed by atoms with Crippen LogP contribution in [0.3, 0.4) is 0 Å². The maximum Gasteiger partial charge on any atom is 0.127 e. The summed E-state index contributed by atoms with van der Waals surface area (Å²) >= 11 is 0. The van der Waals surface area contributed by atoms with Crippen LogP contribution in [0.2, 0.25) is 0 Å². The number of benzene rings is 3. The number of hydrogen-bond donors (Lipinski definition) is 3. The molecule has 1 unspecified atom stereocenters. The number of ether oxygens (including phenoxy) is 2. The third-order valence-electron chi connectivity index (χ3n) is 5.57. The third kappa shape index (κ3) is 5.14. The first-order valence-corrected chi connectivity index (χ1v) is 10.4. The molecule has 1 aliphatic rings. The maximum absolute atomic E-state index is 14.8. The van der Waals surface area contributed by atoms with Crippen molar-refractivity contribution in [2.75, 3.05) is 6.61 Å². The summed E-state index contributed by atoms with van der Waals surface area (Å²) < 4.78 is 39.1. The van der Waals surface area contributed by atoms with Gasteiger partial charge in [0, 0.05) is 12.8 Å². The van der Waals surface area contributed by atoms with Gasteiger partial charge in [-0.3, -0.25) is 0 Å². The average molecular weight is 442 g/mol. The SMILES string of the molecule is OC[C@H]1O[C@@H](c2ccc(Cc3ccc(Oc4ccc(F)cc4)cc3)c(F)c2)C[C@@H](O)C1O. The number of aliphatic hydroxyl groups is 3. The highest BCUT2D eigenvalue weighted by Crippen LogP contribution is 2.33. The highest BCUT2D eigenvalue weighted by molar-refractivity contribution is 5.36. The Bertz CT molecular complexity index is 1040. The van der Waals surface area contributed by atoms with Gasteiger partial charge in [-0.2, -0.15) is 0 Å². The Kier molecular flexibility index (Phi) is 6.81. The van der Waals surface area contributed by atoms with Gasteiger partial charge in [-0.25, -0.2) is 8.78 Å². The van der Waals surface area contributed by atoms with Crippen molar-refractivity contribution in [3.63, 3.8) is 0 Å². The molecular formula is C25H24F2O5. The predicted molar refractivity (Wildman–Crippen MR) is 113 cm³/mol. The summed E-state index contributed by atoms with van der Waals surface area (Å²) in [6, 6.07) is 17.7. The van der Waals surface area contributed by atoms with Crippen LogP contribution in [0.4, 0.5) is 8.78 Å². The van der Waals surface area contributed by atoms with Gasteiger partial charge < -0.3 is 24.8 Å². The largest absolute Gasteiger partial charge is 0.457 e. The van der Waals surface area contributed by atoms with E-state index in [2.05, 4.69) is 0 Å². The summed E-state index contributed by atoms with van der Waals surface area (Å²) in [7, 11) is 0. The lowest BCUT2D eigenvalue weighted by Crippen LogP contribution is -2.47. The van der Waals surface area contributed by atoms with Gasteiger partial charge in [-0.15, -0.1) is 0 Å². The van der Waals surface area contributed by atoms with Crippen molar-refractivity contribution in [2.24, 2.45) is 0 Å². The second-order valence-electron chi connectivity index (χ2n) is 7.87. The van der Waals surface area contributed by atoms with E-state index in [1.54, 1.807) is 36.4 Å². The molecule has 0 aromatic heterocycles. The van der Waals surface area contributed by atoms with Crippen molar-refractivity contribution in [2.45, 2.75) is 37.3 Å². The van der Waals surface area contributed by atoms with E-state index < -0.39 is 36.8 Å². The van der Waals surface area contributed by atoms with Crippen LogP contribution in [0, 0.1) is 11.6 Å². The fourth-order valence-electron chi connectivity index (χ4n) is 3.76. The highest BCUT2D eigenvalue weighted by atomic mass is 19.1. The zero-order valence-electron chi connectivity index (χ0n) is 17.2. The first kappa shape index (κ1) is 22.4. The van der Waals surface area contributed by atoms with E-state index in [-0.39, 0.29) is 12.2 Å². The first-order chi connectivity index (χ1) is 15.4. The Morgan fingerprint density at radius 2 is 1.56 bits per heavy atom. The number of hydrogen-bond acceptors (Lipinski definition) is 5. The number of rotatable bonds is 6. The van der Waals surface area contributed by atoms with Gasteiger partial charge in [-0.05, 0) is 59.2 Å². The molecule has 0 bridgehead atoms. The Labute approximate surface area is 184 Å². The van der Waals surface area contributed by atoms with Gasteiger partial charge >= 0.3 is 0 Å². The molecule has 7 heteroatoms. The van der Waals surface area contributed by atoms with Crippen LogP contribution in [0.25, 0.3) is 0 Å². The lowest BCUT2D eigenvalue weighted by atomic mass is 9.93. The van der Waals surface area contributed by atoms with Crippen molar-refractivity contribution in [3.05, 3.63) is 95.1 Å². The average Bonchev–Trinajstić information content (AvgIpc) is 2.79. The number of aliphatic hydroxyl groups excluding tert-OH is 3. The molecule has 0 amide bonds. The van der Waals surface area contributed by atoms with Crippen molar-refractivity contribution in [1.29, 1.82) is 0 Å². The van der Waals surface area contributed by atoms with E-state index in [9.17, 15) is 24.1 Å². The van der Waals surface area contributed by atoms with Gasteiger partial charge in [0.2, 0.25) is 0 Å². The van der Waals surface area contributed by atoms with E-state index >= 15 is 0 Å². The molecule has 1 heterocycles. The van der Waals surface area contributed by atoms with Crippen LogP contribution < -0.4 is 4.74 Å². The Morgan fingerprint density at radius 3 is 2.19 bits per heavy atom. The molecule has 3 N–H and O–H groups in total. The molecular weight excluding hydrogens is 418 g/mol. The van der Waals surface area contributed by atoms with Crippen LogP contribution in [0.15, 0.2) is 66.7 Å². The highest BCUT2D eigenvalue weighted by Gasteiger charge is 2.37. The van der Waals surface area contributed by atoms with Gasteiger partial charge in [-0.1, -0.05) is 24.3 Å². The maximum atomic E-state index is 14.8. The van der Waals surface area contributed by atoms with E-state index in [0.29, 0.717) is 29.0 Å². The minimum Gasteiger partial charge on any atom is -0.457 e. The molecule has 1 fully saturated rings. The summed E-state index contributed by atoms with van der Waals surface area (Å²) in [5, 5.41) is 29.2. The summed E-state index contributed by atoms with van der Waals surface area (Å²) in [5.74, 6) is 0.369. The molecule has 168 valence electrons. The Hall–Kier alpha value is -2.84. The van der Waals surface area contributed by atoms with Gasteiger partial charge in [0.05, 0.1) is 18.8 Å². The second-order valence-corrected chi connectivity index (χ2v) is 7.87. The predicted octanol–water partition coefficient (Wildman–Crippen LogP) is 3.89. The lowest BCUT2D eigenvalue weighted by molar-refractivity contribution is -0.181. The third-order valence-corrected chi connectivity index (χ3v) is 5.57. The molecule has 3 aromatic rings. The first-order valence-electron chi connectivity index (χ1n) is 10.4. The van der Waals surface area contributed by atoms with Crippen molar-refractivity contribution < 1.29 is 33.6 Å². The van der Waals surface area contributed by atoms with Crippen LogP contribution in [-0.4, -0.2) is 40.2 Å². The van der Waals surface area contributed by atoms with Crippen molar-refractivity contribution in [1.82, 2.24) is 0 Å². The lowest BCUT2D eigenvalue weighted by Gasteiger charge is -2.36. The van der Waals surface area contributed by atoms with E-state index in [4.69, 9.17) is 9.47 Å². The van der Waals surface area contributed by atoms with Crippen LogP contribution in [0.1, 0.15) is 29.2 Å². The smallest absolute Gasteiger partial charge is 0.127 e. The summed E-state index contributed by atoms with van der Waals surface area (Å²) in [5.41, 5.74) is 1.92.